The predicted octanol–water partition coefficient (Wildman–Crippen LogP) is 1.62. The van der Waals surface area contributed by atoms with Crippen LogP contribution in [0, 0.1) is 0 Å². The fourth-order valence-electron chi connectivity index (χ4n) is 2.10. The summed E-state index contributed by atoms with van der Waals surface area (Å²) in [5.41, 5.74) is 2.76. The number of nitrogens with zero attached hydrogens (tertiary/aromatic N) is 1. The van der Waals surface area contributed by atoms with Crippen molar-refractivity contribution in [3.05, 3.63) is 70.2 Å². The second-order valence-electron chi connectivity index (χ2n) is 4.87. The molecule has 0 aliphatic heterocycles. The van der Waals surface area contributed by atoms with Crippen LogP contribution in [0.15, 0.2) is 53.5 Å². The molecule has 0 atom stereocenters. The molecule has 120 valence electrons. The van der Waals surface area contributed by atoms with Crippen LogP contribution in [0.2, 0.25) is 0 Å². The minimum atomic E-state index is -0.682. The molecule has 2 N–H and O–H groups in total. The van der Waals surface area contributed by atoms with Gasteiger partial charge in [0.2, 0.25) is 0 Å². The molecule has 0 aliphatic carbocycles. The smallest absolute Gasteiger partial charge is 0.267 e. The van der Waals surface area contributed by atoms with E-state index in [1.165, 1.54) is 11.6 Å². The number of carbonyl (C=O) groups is 1. The van der Waals surface area contributed by atoms with Crippen molar-refractivity contribution in [2.45, 2.75) is 13.0 Å². The highest BCUT2D eigenvalue weighted by Crippen LogP contribution is 2.12. The molecule has 2 rings (SSSR count). The number of rotatable bonds is 6. The molecule has 23 heavy (non-hydrogen) atoms. The van der Waals surface area contributed by atoms with Crippen LogP contribution in [0.1, 0.15) is 11.1 Å². The van der Waals surface area contributed by atoms with Gasteiger partial charge in [0.1, 0.15) is 5.75 Å². The van der Waals surface area contributed by atoms with E-state index in [4.69, 9.17) is 9.94 Å². The number of hydrogen-bond acceptors (Lipinski definition) is 4. The van der Waals surface area contributed by atoms with E-state index in [-0.39, 0.29) is 5.56 Å². The standard InChI is InChI=1S/C17H18N2O4/c1-23-15-7-4-13(5-8-15)10-12-19-11-2-3-14(17(19)21)6-9-16(20)18-22/h2-9,11,22H,10,12H2,1H3,(H,18,20)/b9-6+. The highest BCUT2D eigenvalue weighted by Gasteiger charge is 2.02. The molecular formula is C17H18N2O4. The van der Waals surface area contributed by atoms with Crippen LogP contribution < -0.4 is 15.8 Å². The second kappa shape index (κ2) is 7.95. The number of pyridine rings is 1. The van der Waals surface area contributed by atoms with Gasteiger partial charge in [0.15, 0.2) is 0 Å². The Hall–Kier alpha value is -2.86. The van der Waals surface area contributed by atoms with Gasteiger partial charge in [-0.25, -0.2) is 5.48 Å². The zero-order chi connectivity index (χ0) is 16.7. The van der Waals surface area contributed by atoms with Crippen LogP contribution in [0.3, 0.4) is 0 Å². The summed E-state index contributed by atoms with van der Waals surface area (Å²) in [7, 11) is 1.62. The topological polar surface area (TPSA) is 80.6 Å². The van der Waals surface area contributed by atoms with E-state index < -0.39 is 5.91 Å². The molecule has 2 aromatic rings. The molecule has 0 saturated carbocycles. The first-order valence-electron chi connectivity index (χ1n) is 7.08. The maximum atomic E-state index is 12.3. The monoisotopic (exact) mass is 314 g/mol. The van der Waals surface area contributed by atoms with Gasteiger partial charge in [0.05, 0.1) is 7.11 Å². The van der Waals surface area contributed by atoms with Crippen molar-refractivity contribution in [1.82, 2.24) is 10.0 Å². The average molecular weight is 314 g/mol. The van der Waals surface area contributed by atoms with Crippen molar-refractivity contribution >= 4 is 12.0 Å². The minimum Gasteiger partial charge on any atom is -0.497 e. The summed E-state index contributed by atoms with van der Waals surface area (Å²) in [4.78, 5) is 23.3. The van der Waals surface area contributed by atoms with Gasteiger partial charge >= 0.3 is 0 Å². The van der Waals surface area contributed by atoms with Crippen molar-refractivity contribution in [2.24, 2.45) is 0 Å². The molecule has 6 heteroatoms. The predicted molar refractivity (Wildman–Crippen MR) is 86.4 cm³/mol. The number of nitrogens with one attached hydrogen (secondary N) is 1. The van der Waals surface area contributed by atoms with E-state index in [0.29, 0.717) is 18.5 Å². The minimum absolute atomic E-state index is 0.192. The largest absolute Gasteiger partial charge is 0.497 e. The molecule has 6 nitrogen and oxygen atoms in total. The van der Waals surface area contributed by atoms with E-state index in [1.807, 2.05) is 24.3 Å². The highest BCUT2D eigenvalue weighted by atomic mass is 16.5. The molecule has 0 saturated heterocycles. The molecular weight excluding hydrogens is 296 g/mol. The number of amides is 1. The number of carbonyl (C=O) groups excluding carboxylic acids is 1. The highest BCUT2D eigenvalue weighted by molar-refractivity contribution is 5.90. The van der Waals surface area contributed by atoms with Gasteiger partial charge in [-0.15, -0.1) is 0 Å². The molecule has 0 radical (unpaired) electrons. The summed E-state index contributed by atoms with van der Waals surface area (Å²) in [6.07, 6.45) is 4.88. The van der Waals surface area contributed by atoms with Crippen molar-refractivity contribution in [3.8, 4) is 5.75 Å². The summed E-state index contributed by atoms with van der Waals surface area (Å²) in [6, 6.07) is 11.0. The lowest BCUT2D eigenvalue weighted by Crippen LogP contribution is -2.22. The van der Waals surface area contributed by atoms with Gasteiger partial charge in [-0.2, -0.15) is 0 Å². The lowest BCUT2D eigenvalue weighted by molar-refractivity contribution is -0.124. The number of hydroxylamine groups is 1. The van der Waals surface area contributed by atoms with E-state index in [9.17, 15) is 9.59 Å². The van der Waals surface area contributed by atoms with Gasteiger partial charge in [-0.3, -0.25) is 14.8 Å². The van der Waals surface area contributed by atoms with E-state index in [1.54, 1.807) is 30.0 Å². The third-order valence-corrected chi connectivity index (χ3v) is 3.37. The van der Waals surface area contributed by atoms with Crippen LogP contribution >= 0.6 is 0 Å². The zero-order valence-corrected chi connectivity index (χ0v) is 12.7. The zero-order valence-electron chi connectivity index (χ0n) is 12.7. The Kier molecular flexibility index (Phi) is 5.71. The van der Waals surface area contributed by atoms with Crippen LogP contribution in [0.5, 0.6) is 5.75 Å². The van der Waals surface area contributed by atoms with Crippen molar-refractivity contribution in [1.29, 1.82) is 0 Å². The quantitative estimate of drug-likeness (QED) is 0.482. The Morgan fingerprint density at radius 2 is 2.04 bits per heavy atom. The Morgan fingerprint density at radius 3 is 2.70 bits per heavy atom. The molecule has 0 bridgehead atoms. The van der Waals surface area contributed by atoms with Crippen LogP contribution in [0.25, 0.3) is 6.08 Å². The molecule has 0 spiro atoms. The van der Waals surface area contributed by atoms with E-state index in [0.717, 1.165) is 17.4 Å². The first kappa shape index (κ1) is 16.5. The van der Waals surface area contributed by atoms with Crippen molar-refractivity contribution in [2.75, 3.05) is 7.11 Å². The average Bonchev–Trinajstić information content (AvgIpc) is 2.60. The fraction of sp³-hybridized carbons (Fsp3) is 0.176. The lowest BCUT2D eigenvalue weighted by Gasteiger charge is -2.07. The number of benzene rings is 1. The third-order valence-electron chi connectivity index (χ3n) is 3.37. The maximum Gasteiger partial charge on any atom is 0.267 e. The number of hydrogen-bond donors (Lipinski definition) is 2. The summed E-state index contributed by atoms with van der Waals surface area (Å²) >= 11 is 0. The van der Waals surface area contributed by atoms with E-state index in [2.05, 4.69) is 0 Å². The van der Waals surface area contributed by atoms with Crippen molar-refractivity contribution < 1.29 is 14.7 Å². The Bertz CT molecular complexity index is 748. The van der Waals surface area contributed by atoms with Crippen LogP contribution in [-0.2, 0) is 17.8 Å². The Balaban J connectivity index is 2.09. The van der Waals surface area contributed by atoms with Crippen LogP contribution in [-0.4, -0.2) is 22.8 Å². The van der Waals surface area contributed by atoms with E-state index >= 15 is 0 Å². The normalized spacial score (nSPS) is 10.7. The van der Waals surface area contributed by atoms with Gasteiger partial charge in [-0.05, 0) is 42.3 Å². The molecule has 0 unspecified atom stereocenters. The van der Waals surface area contributed by atoms with Gasteiger partial charge in [0, 0.05) is 24.4 Å². The number of ether oxygens (including phenoxy) is 1. The molecule has 1 amide bonds. The molecule has 1 heterocycles. The first-order chi connectivity index (χ1) is 11.1. The molecule has 0 aliphatic rings. The summed E-state index contributed by atoms with van der Waals surface area (Å²) < 4.78 is 6.69. The molecule has 1 aromatic heterocycles. The van der Waals surface area contributed by atoms with Gasteiger partial charge in [-0.1, -0.05) is 12.1 Å². The number of aryl methyl sites for hydroxylation is 2. The van der Waals surface area contributed by atoms with Gasteiger partial charge in [0.25, 0.3) is 11.5 Å². The third kappa shape index (κ3) is 4.55. The summed E-state index contributed by atoms with van der Waals surface area (Å²) in [5.74, 6) is 0.109. The second-order valence-corrected chi connectivity index (χ2v) is 4.87. The SMILES string of the molecule is COc1ccc(CCn2cccc(/C=C/C(=O)NO)c2=O)cc1. The molecule has 1 aromatic carbocycles. The van der Waals surface area contributed by atoms with Crippen molar-refractivity contribution in [3.63, 3.8) is 0 Å². The molecule has 0 fully saturated rings. The lowest BCUT2D eigenvalue weighted by atomic mass is 10.1. The number of aromatic nitrogens is 1. The Morgan fingerprint density at radius 1 is 1.30 bits per heavy atom. The van der Waals surface area contributed by atoms with Crippen LogP contribution in [0.4, 0.5) is 0 Å². The maximum absolute atomic E-state index is 12.3. The summed E-state index contributed by atoms with van der Waals surface area (Å²) in [5, 5.41) is 8.44. The fourth-order valence-corrected chi connectivity index (χ4v) is 2.10. The Labute approximate surface area is 133 Å². The summed E-state index contributed by atoms with van der Waals surface area (Å²) in [6.45, 7) is 0.527. The van der Waals surface area contributed by atoms with Gasteiger partial charge < -0.3 is 9.30 Å². The number of methoxy groups -OCH3 is 1. The first-order valence-corrected chi connectivity index (χ1v) is 7.08.